The molecular formula is C15H14BrClO2. The van der Waals surface area contributed by atoms with Gasteiger partial charge in [-0.2, -0.15) is 0 Å². The Morgan fingerprint density at radius 3 is 2.37 bits per heavy atom. The lowest BCUT2D eigenvalue weighted by atomic mass is 10.2. The summed E-state index contributed by atoms with van der Waals surface area (Å²) < 4.78 is 12.1. The molecule has 0 aliphatic heterocycles. The second-order valence-electron chi connectivity index (χ2n) is 3.91. The number of hydrogen-bond acceptors (Lipinski definition) is 2. The summed E-state index contributed by atoms with van der Waals surface area (Å²) in [4.78, 5) is 0. The molecular weight excluding hydrogens is 328 g/mol. The Hall–Kier alpha value is -1.19. The first-order valence-corrected chi connectivity index (χ1v) is 7.27. The van der Waals surface area contributed by atoms with E-state index in [1.807, 2.05) is 48.5 Å². The molecule has 19 heavy (non-hydrogen) atoms. The van der Waals surface area contributed by atoms with Gasteiger partial charge in [-0.25, -0.2) is 0 Å². The second-order valence-corrected chi connectivity index (χ2v) is 5.03. The number of ether oxygens (including phenoxy) is 2. The SMILES string of the molecule is ClCc1ccc(OCCOc2ccccc2)c(Br)c1. The van der Waals surface area contributed by atoms with E-state index in [-0.39, 0.29) is 0 Å². The van der Waals surface area contributed by atoms with E-state index in [0.717, 1.165) is 21.5 Å². The van der Waals surface area contributed by atoms with Crippen LogP contribution in [0.5, 0.6) is 11.5 Å². The molecule has 2 aromatic rings. The van der Waals surface area contributed by atoms with Gasteiger partial charge in [-0.05, 0) is 45.8 Å². The van der Waals surface area contributed by atoms with Crippen LogP contribution in [0, 0.1) is 0 Å². The van der Waals surface area contributed by atoms with Gasteiger partial charge in [-0.1, -0.05) is 24.3 Å². The number of para-hydroxylation sites is 1. The van der Waals surface area contributed by atoms with Crippen molar-refractivity contribution in [3.63, 3.8) is 0 Å². The Labute approximate surface area is 126 Å². The Bertz CT molecular complexity index is 517. The van der Waals surface area contributed by atoms with Crippen LogP contribution in [-0.4, -0.2) is 13.2 Å². The third-order valence-electron chi connectivity index (χ3n) is 2.50. The maximum absolute atomic E-state index is 5.76. The quantitative estimate of drug-likeness (QED) is 0.562. The highest BCUT2D eigenvalue weighted by atomic mass is 79.9. The highest BCUT2D eigenvalue weighted by molar-refractivity contribution is 9.10. The standard InChI is InChI=1S/C15H14BrClO2/c16-14-10-12(11-17)6-7-15(14)19-9-8-18-13-4-2-1-3-5-13/h1-7,10H,8-9,11H2. The third kappa shape index (κ3) is 4.44. The molecule has 100 valence electrons. The zero-order valence-electron chi connectivity index (χ0n) is 10.3. The van der Waals surface area contributed by atoms with Gasteiger partial charge in [0.25, 0.3) is 0 Å². The van der Waals surface area contributed by atoms with Crippen molar-refractivity contribution in [2.75, 3.05) is 13.2 Å². The number of alkyl halides is 1. The van der Waals surface area contributed by atoms with Crippen LogP contribution in [-0.2, 0) is 5.88 Å². The molecule has 0 aromatic heterocycles. The summed E-state index contributed by atoms with van der Waals surface area (Å²) >= 11 is 9.22. The molecule has 0 aliphatic carbocycles. The fourth-order valence-electron chi connectivity index (χ4n) is 1.57. The van der Waals surface area contributed by atoms with E-state index >= 15 is 0 Å². The molecule has 0 heterocycles. The number of hydrogen-bond donors (Lipinski definition) is 0. The molecule has 2 nitrogen and oxygen atoms in total. The van der Waals surface area contributed by atoms with Gasteiger partial charge < -0.3 is 9.47 Å². The second kappa shape index (κ2) is 7.41. The zero-order chi connectivity index (χ0) is 13.5. The van der Waals surface area contributed by atoms with Crippen LogP contribution in [0.2, 0.25) is 0 Å². The lowest BCUT2D eigenvalue weighted by Crippen LogP contribution is -2.09. The topological polar surface area (TPSA) is 18.5 Å². The lowest BCUT2D eigenvalue weighted by Gasteiger charge is -2.10. The summed E-state index contributed by atoms with van der Waals surface area (Å²) in [5.41, 5.74) is 1.06. The van der Waals surface area contributed by atoms with Gasteiger partial charge >= 0.3 is 0 Å². The number of rotatable bonds is 6. The molecule has 0 aliphatic rings. The molecule has 0 saturated heterocycles. The molecule has 4 heteroatoms. The van der Waals surface area contributed by atoms with Crippen LogP contribution in [0.4, 0.5) is 0 Å². The Morgan fingerprint density at radius 1 is 0.947 bits per heavy atom. The molecule has 0 spiro atoms. The zero-order valence-corrected chi connectivity index (χ0v) is 12.7. The molecule has 0 radical (unpaired) electrons. The molecule has 2 rings (SSSR count). The summed E-state index contributed by atoms with van der Waals surface area (Å²) in [5.74, 6) is 2.14. The van der Waals surface area contributed by atoms with Crippen molar-refractivity contribution in [3.8, 4) is 11.5 Å². The minimum Gasteiger partial charge on any atom is -0.490 e. The van der Waals surface area contributed by atoms with E-state index in [1.54, 1.807) is 0 Å². The Morgan fingerprint density at radius 2 is 1.68 bits per heavy atom. The highest BCUT2D eigenvalue weighted by Gasteiger charge is 2.02. The van der Waals surface area contributed by atoms with Gasteiger partial charge in [0.1, 0.15) is 24.7 Å². The average molecular weight is 342 g/mol. The first kappa shape index (κ1) is 14.2. The van der Waals surface area contributed by atoms with Crippen molar-refractivity contribution < 1.29 is 9.47 Å². The maximum Gasteiger partial charge on any atom is 0.133 e. The van der Waals surface area contributed by atoms with Crippen molar-refractivity contribution in [1.29, 1.82) is 0 Å². The molecule has 0 N–H and O–H groups in total. The van der Waals surface area contributed by atoms with Crippen molar-refractivity contribution in [3.05, 3.63) is 58.6 Å². The average Bonchev–Trinajstić information content (AvgIpc) is 2.46. The van der Waals surface area contributed by atoms with Crippen LogP contribution in [0.1, 0.15) is 5.56 Å². The first-order chi connectivity index (χ1) is 9.29. The van der Waals surface area contributed by atoms with Crippen LogP contribution < -0.4 is 9.47 Å². The summed E-state index contributed by atoms with van der Waals surface area (Å²) in [7, 11) is 0. The minimum absolute atomic E-state index is 0.494. The molecule has 0 fully saturated rings. The van der Waals surface area contributed by atoms with Gasteiger partial charge in [0.15, 0.2) is 0 Å². The predicted molar refractivity (Wildman–Crippen MR) is 81.1 cm³/mol. The summed E-state index contributed by atoms with van der Waals surface area (Å²) in [6, 6.07) is 15.5. The van der Waals surface area contributed by atoms with Crippen LogP contribution in [0.15, 0.2) is 53.0 Å². The Kier molecular flexibility index (Phi) is 5.55. The van der Waals surface area contributed by atoms with Crippen LogP contribution in [0.3, 0.4) is 0 Å². The van der Waals surface area contributed by atoms with Crippen LogP contribution in [0.25, 0.3) is 0 Å². The van der Waals surface area contributed by atoms with Gasteiger partial charge in [0.05, 0.1) is 4.47 Å². The molecule has 0 saturated carbocycles. The molecule has 0 unspecified atom stereocenters. The van der Waals surface area contributed by atoms with E-state index in [4.69, 9.17) is 21.1 Å². The van der Waals surface area contributed by atoms with Crippen molar-refractivity contribution >= 4 is 27.5 Å². The maximum atomic E-state index is 5.76. The summed E-state index contributed by atoms with van der Waals surface area (Å²) in [6.07, 6.45) is 0. The van der Waals surface area contributed by atoms with Crippen molar-refractivity contribution in [2.24, 2.45) is 0 Å². The van der Waals surface area contributed by atoms with Gasteiger partial charge in [-0.3, -0.25) is 0 Å². The molecule has 0 atom stereocenters. The highest BCUT2D eigenvalue weighted by Crippen LogP contribution is 2.26. The third-order valence-corrected chi connectivity index (χ3v) is 3.43. The molecule has 0 amide bonds. The van der Waals surface area contributed by atoms with Crippen molar-refractivity contribution in [2.45, 2.75) is 5.88 Å². The van der Waals surface area contributed by atoms with E-state index in [2.05, 4.69) is 15.9 Å². The monoisotopic (exact) mass is 340 g/mol. The largest absolute Gasteiger partial charge is 0.490 e. The predicted octanol–water partition coefficient (Wildman–Crippen LogP) is 4.65. The summed E-state index contributed by atoms with van der Waals surface area (Å²) in [6.45, 7) is 1.00. The van der Waals surface area contributed by atoms with Gasteiger partial charge in [0.2, 0.25) is 0 Å². The number of benzene rings is 2. The molecule has 2 aromatic carbocycles. The van der Waals surface area contributed by atoms with Crippen LogP contribution >= 0.6 is 27.5 Å². The number of halogens is 2. The van der Waals surface area contributed by atoms with E-state index in [0.29, 0.717) is 19.1 Å². The normalized spacial score (nSPS) is 10.2. The van der Waals surface area contributed by atoms with Gasteiger partial charge in [-0.15, -0.1) is 11.6 Å². The Balaban J connectivity index is 1.80. The first-order valence-electron chi connectivity index (χ1n) is 5.94. The fourth-order valence-corrected chi connectivity index (χ4v) is 2.28. The van der Waals surface area contributed by atoms with E-state index < -0.39 is 0 Å². The smallest absolute Gasteiger partial charge is 0.133 e. The van der Waals surface area contributed by atoms with E-state index in [1.165, 1.54) is 0 Å². The lowest BCUT2D eigenvalue weighted by molar-refractivity contribution is 0.216. The molecule has 0 bridgehead atoms. The summed E-state index contributed by atoms with van der Waals surface area (Å²) in [5, 5.41) is 0. The van der Waals surface area contributed by atoms with Gasteiger partial charge in [0, 0.05) is 5.88 Å². The minimum atomic E-state index is 0.494. The van der Waals surface area contributed by atoms with E-state index in [9.17, 15) is 0 Å². The van der Waals surface area contributed by atoms with Crippen molar-refractivity contribution in [1.82, 2.24) is 0 Å². The fraction of sp³-hybridized carbons (Fsp3) is 0.200.